The fraction of sp³-hybridized carbons (Fsp3) is 0.458. The number of nitrogens with one attached hydrogen (secondary N) is 1. The Hall–Kier alpha value is -2.49. The van der Waals surface area contributed by atoms with Gasteiger partial charge in [0.1, 0.15) is 5.75 Å². The second kappa shape index (κ2) is 8.68. The lowest BCUT2D eigenvalue weighted by Crippen LogP contribution is -2.31. The van der Waals surface area contributed by atoms with E-state index in [9.17, 15) is 4.79 Å². The molecule has 1 saturated heterocycles. The minimum absolute atomic E-state index is 0.0446. The van der Waals surface area contributed by atoms with Crippen LogP contribution in [-0.2, 0) is 10.2 Å². The third-order valence-corrected chi connectivity index (χ3v) is 5.22. The van der Waals surface area contributed by atoms with Gasteiger partial charge in [-0.05, 0) is 67.5 Å². The minimum atomic E-state index is -0.578. The molecule has 4 nitrogen and oxygen atoms in total. The first-order valence-electron chi connectivity index (χ1n) is 10.3. The standard InChI is InChI=1S/C24H32N2O2/c1-18(28-22-11-7-6-10-21(22)24(2,3)4)23(27)25-19-12-14-20(15-13-19)26-16-8-5-9-17-26/h6-7,10-15,18H,5,8-9,16-17H2,1-4H3,(H,25,27). The number of anilines is 2. The van der Waals surface area contributed by atoms with E-state index in [1.807, 2.05) is 30.3 Å². The number of amides is 1. The highest BCUT2D eigenvalue weighted by Gasteiger charge is 2.22. The van der Waals surface area contributed by atoms with Crippen LogP contribution in [0.15, 0.2) is 48.5 Å². The number of carbonyl (C=O) groups is 1. The normalized spacial score (nSPS) is 15.8. The lowest BCUT2D eigenvalue weighted by molar-refractivity contribution is -0.122. The second-order valence-corrected chi connectivity index (χ2v) is 8.59. The molecule has 0 aromatic heterocycles. The van der Waals surface area contributed by atoms with Crippen molar-refractivity contribution in [2.24, 2.45) is 0 Å². The van der Waals surface area contributed by atoms with Gasteiger partial charge in [0.15, 0.2) is 6.10 Å². The number of para-hydroxylation sites is 1. The molecule has 0 bridgehead atoms. The lowest BCUT2D eigenvalue weighted by atomic mass is 9.86. The maximum Gasteiger partial charge on any atom is 0.265 e. The minimum Gasteiger partial charge on any atom is -0.481 e. The van der Waals surface area contributed by atoms with Crippen molar-refractivity contribution in [3.05, 3.63) is 54.1 Å². The molecule has 1 N–H and O–H groups in total. The topological polar surface area (TPSA) is 41.6 Å². The van der Waals surface area contributed by atoms with Gasteiger partial charge < -0.3 is 15.0 Å². The van der Waals surface area contributed by atoms with Crippen LogP contribution in [0.2, 0.25) is 0 Å². The van der Waals surface area contributed by atoms with Crippen LogP contribution in [-0.4, -0.2) is 25.1 Å². The van der Waals surface area contributed by atoms with Crippen molar-refractivity contribution in [3.8, 4) is 5.75 Å². The van der Waals surface area contributed by atoms with E-state index in [1.54, 1.807) is 6.92 Å². The number of benzene rings is 2. The zero-order chi connectivity index (χ0) is 20.1. The number of nitrogens with zero attached hydrogens (tertiary/aromatic N) is 1. The molecular formula is C24H32N2O2. The Kier molecular flexibility index (Phi) is 6.28. The van der Waals surface area contributed by atoms with Crippen molar-refractivity contribution in [2.75, 3.05) is 23.3 Å². The first kappa shape index (κ1) is 20.2. The molecule has 1 unspecified atom stereocenters. The van der Waals surface area contributed by atoms with Crippen molar-refractivity contribution in [1.29, 1.82) is 0 Å². The molecule has 1 heterocycles. The number of ether oxygens (including phenoxy) is 1. The molecule has 1 amide bonds. The SMILES string of the molecule is CC(Oc1ccccc1C(C)(C)C)C(=O)Nc1ccc(N2CCCCC2)cc1. The molecule has 1 fully saturated rings. The molecule has 2 aromatic rings. The summed E-state index contributed by atoms with van der Waals surface area (Å²) in [4.78, 5) is 15.0. The first-order chi connectivity index (χ1) is 13.3. The Morgan fingerprint density at radius 2 is 1.64 bits per heavy atom. The third-order valence-electron chi connectivity index (χ3n) is 5.22. The summed E-state index contributed by atoms with van der Waals surface area (Å²) in [7, 11) is 0. The number of carbonyl (C=O) groups excluding carboxylic acids is 1. The number of hydrogen-bond acceptors (Lipinski definition) is 3. The summed E-state index contributed by atoms with van der Waals surface area (Å²) in [6.45, 7) is 10.4. The van der Waals surface area contributed by atoms with Crippen LogP contribution in [0.1, 0.15) is 52.5 Å². The first-order valence-corrected chi connectivity index (χ1v) is 10.3. The molecule has 0 aliphatic carbocycles. The molecule has 0 saturated carbocycles. The van der Waals surface area contributed by atoms with Gasteiger partial charge in [-0.15, -0.1) is 0 Å². The molecule has 1 aliphatic heterocycles. The zero-order valence-electron chi connectivity index (χ0n) is 17.5. The molecule has 3 rings (SSSR count). The average molecular weight is 381 g/mol. The summed E-state index contributed by atoms with van der Waals surface area (Å²) in [5.74, 6) is 0.618. The van der Waals surface area contributed by atoms with Crippen LogP contribution in [0.25, 0.3) is 0 Å². The van der Waals surface area contributed by atoms with E-state index in [4.69, 9.17) is 4.74 Å². The fourth-order valence-electron chi connectivity index (χ4n) is 3.58. The summed E-state index contributed by atoms with van der Waals surface area (Å²) < 4.78 is 6.00. The molecule has 0 radical (unpaired) electrons. The predicted molar refractivity (Wildman–Crippen MR) is 116 cm³/mol. The third kappa shape index (κ3) is 5.06. The largest absolute Gasteiger partial charge is 0.481 e. The highest BCUT2D eigenvalue weighted by atomic mass is 16.5. The zero-order valence-corrected chi connectivity index (χ0v) is 17.5. The Balaban J connectivity index is 1.62. The van der Waals surface area contributed by atoms with Crippen molar-refractivity contribution < 1.29 is 9.53 Å². The summed E-state index contributed by atoms with van der Waals surface area (Å²) in [5.41, 5.74) is 3.07. The number of rotatable bonds is 5. The van der Waals surface area contributed by atoms with Crippen LogP contribution in [0.5, 0.6) is 5.75 Å². The smallest absolute Gasteiger partial charge is 0.265 e. The molecule has 28 heavy (non-hydrogen) atoms. The van der Waals surface area contributed by atoms with E-state index < -0.39 is 6.10 Å². The van der Waals surface area contributed by atoms with Crippen LogP contribution >= 0.6 is 0 Å². The van der Waals surface area contributed by atoms with Crippen LogP contribution in [0, 0.1) is 0 Å². The van der Waals surface area contributed by atoms with E-state index in [0.717, 1.165) is 30.1 Å². The van der Waals surface area contributed by atoms with Crippen molar-refractivity contribution in [3.63, 3.8) is 0 Å². The molecule has 4 heteroatoms. The van der Waals surface area contributed by atoms with Gasteiger partial charge in [-0.2, -0.15) is 0 Å². The molecule has 0 spiro atoms. The van der Waals surface area contributed by atoms with Gasteiger partial charge in [0.05, 0.1) is 0 Å². The van der Waals surface area contributed by atoms with E-state index in [-0.39, 0.29) is 11.3 Å². The molecule has 2 aromatic carbocycles. The van der Waals surface area contributed by atoms with Crippen LogP contribution < -0.4 is 15.0 Å². The Morgan fingerprint density at radius 1 is 1.00 bits per heavy atom. The van der Waals surface area contributed by atoms with Gasteiger partial charge in [0.2, 0.25) is 0 Å². The number of hydrogen-bond donors (Lipinski definition) is 1. The van der Waals surface area contributed by atoms with Gasteiger partial charge in [-0.3, -0.25) is 4.79 Å². The highest BCUT2D eigenvalue weighted by molar-refractivity contribution is 5.94. The molecule has 1 atom stereocenters. The number of piperidine rings is 1. The van der Waals surface area contributed by atoms with E-state index in [1.165, 1.54) is 24.9 Å². The van der Waals surface area contributed by atoms with Gasteiger partial charge in [-0.1, -0.05) is 39.0 Å². The molecular weight excluding hydrogens is 348 g/mol. The Morgan fingerprint density at radius 3 is 2.29 bits per heavy atom. The Bertz CT molecular complexity index is 787. The maximum atomic E-state index is 12.6. The second-order valence-electron chi connectivity index (χ2n) is 8.59. The maximum absolute atomic E-state index is 12.6. The summed E-state index contributed by atoms with van der Waals surface area (Å²) in [6, 6.07) is 16.0. The predicted octanol–water partition coefficient (Wildman–Crippen LogP) is 5.38. The van der Waals surface area contributed by atoms with E-state index >= 15 is 0 Å². The van der Waals surface area contributed by atoms with Gasteiger partial charge in [0, 0.05) is 24.5 Å². The van der Waals surface area contributed by atoms with Gasteiger partial charge in [0.25, 0.3) is 5.91 Å². The van der Waals surface area contributed by atoms with E-state index in [2.05, 4.69) is 49.2 Å². The van der Waals surface area contributed by atoms with Gasteiger partial charge >= 0.3 is 0 Å². The summed E-state index contributed by atoms with van der Waals surface area (Å²) in [6.07, 6.45) is 3.25. The highest BCUT2D eigenvalue weighted by Crippen LogP contribution is 2.31. The molecule has 1 aliphatic rings. The van der Waals surface area contributed by atoms with E-state index in [0.29, 0.717) is 0 Å². The lowest BCUT2D eigenvalue weighted by Gasteiger charge is -2.29. The fourth-order valence-corrected chi connectivity index (χ4v) is 3.58. The van der Waals surface area contributed by atoms with Crippen LogP contribution in [0.3, 0.4) is 0 Å². The van der Waals surface area contributed by atoms with Gasteiger partial charge in [-0.25, -0.2) is 0 Å². The van der Waals surface area contributed by atoms with Crippen LogP contribution in [0.4, 0.5) is 11.4 Å². The Labute approximate surface area is 168 Å². The molecule has 150 valence electrons. The van der Waals surface area contributed by atoms with Crippen molar-refractivity contribution in [1.82, 2.24) is 0 Å². The van der Waals surface area contributed by atoms with Crippen molar-refractivity contribution >= 4 is 17.3 Å². The van der Waals surface area contributed by atoms with Crippen molar-refractivity contribution in [2.45, 2.75) is 58.5 Å². The quantitative estimate of drug-likeness (QED) is 0.757. The monoisotopic (exact) mass is 380 g/mol. The summed E-state index contributed by atoms with van der Waals surface area (Å²) in [5, 5.41) is 2.97. The summed E-state index contributed by atoms with van der Waals surface area (Å²) >= 11 is 0. The average Bonchev–Trinajstić information content (AvgIpc) is 2.69.